The summed E-state index contributed by atoms with van der Waals surface area (Å²) >= 11 is 0. The fourth-order valence-electron chi connectivity index (χ4n) is 2.23. The second kappa shape index (κ2) is 9.69. The van der Waals surface area contributed by atoms with Crippen LogP contribution in [0, 0.1) is 0 Å². The molecular weight excluding hydrogens is 364 g/mol. The van der Waals surface area contributed by atoms with Crippen molar-refractivity contribution in [1.82, 2.24) is 21.3 Å². The molecule has 7 N–H and O–H groups in total. The van der Waals surface area contributed by atoms with E-state index in [0.717, 1.165) is 0 Å². The van der Waals surface area contributed by atoms with Gasteiger partial charge < -0.3 is 46.1 Å². The van der Waals surface area contributed by atoms with Crippen LogP contribution >= 0.6 is 0 Å². The highest BCUT2D eigenvalue weighted by Crippen LogP contribution is 2.18. The summed E-state index contributed by atoms with van der Waals surface area (Å²) in [5, 5.41) is 38.7. The van der Waals surface area contributed by atoms with Gasteiger partial charge in [0.1, 0.15) is 23.9 Å². The first-order valence-corrected chi connectivity index (χ1v) is 8.38. The zero-order chi connectivity index (χ0) is 20.8. The lowest BCUT2D eigenvalue weighted by molar-refractivity contribution is -0.260. The van der Waals surface area contributed by atoms with Crippen molar-refractivity contribution >= 4 is 18.0 Å². The van der Waals surface area contributed by atoms with E-state index in [9.17, 15) is 29.7 Å². The molecule has 0 aliphatic carbocycles. The van der Waals surface area contributed by atoms with Crippen LogP contribution in [-0.4, -0.2) is 82.8 Å². The number of aliphatic hydroxyl groups is 3. The summed E-state index contributed by atoms with van der Waals surface area (Å²) in [6, 6.07) is -1.91. The lowest BCUT2D eigenvalue weighted by Crippen LogP contribution is -2.68. The SMILES string of the molecule is CC(=O)NC1C(O)[C@H](O)C(O)O[C@H]1NC(=O)NCCNC(=O)OC(C)(C)C. The number of ether oxygens (including phenoxy) is 2. The number of carbonyl (C=O) groups excluding carboxylic acids is 3. The van der Waals surface area contributed by atoms with Crippen LogP contribution in [0.2, 0.25) is 0 Å². The van der Waals surface area contributed by atoms with E-state index in [1.807, 2.05) is 0 Å². The minimum Gasteiger partial charge on any atom is -0.444 e. The van der Waals surface area contributed by atoms with Crippen molar-refractivity contribution in [3.63, 3.8) is 0 Å². The molecule has 156 valence electrons. The van der Waals surface area contributed by atoms with Crippen molar-refractivity contribution in [2.24, 2.45) is 0 Å². The molecule has 0 aromatic heterocycles. The van der Waals surface area contributed by atoms with Gasteiger partial charge in [0.05, 0.1) is 0 Å². The molecule has 0 spiro atoms. The summed E-state index contributed by atoms with van der Waals surface area (Å²) in [6.45, 7) is 6.47. The molecule has 12 heteroatoms. The Morgan fingerprint density at radius 3 is 2.15 bits per heavy atom. The van der Waals surface area contributed by atoms with E-state index in [1.165, 1.54) is 6.92 Å². The molecule has 0 saturated carbocycles. The first-order chi connectivity index (χ1) is 12.4. The molecule has 1 saturated heterocycles. The maximum Gasteiger partial charge on any atom is 0.407 e. The van der Waals surface area contributed by atoms with E-state index in [2.05, 4.69) is 21.3 Å². The summed E-state index contributed by atoms with van der Waals surface area (Å²) < 4.78 is 10.1. The number of hydrogen-bond acceptors (Lipinski definition) is 8. The largest absolute Gasteiger partial charge is 0.444 e. The van der Waals surface area contributed by atoms with Crippen molar-refractivity contribution in [1.29, 1.82) is 0 Å². The van der Waals surface area contributed by atoms with Crippen molar-refractivity contribution in [2.75, 3.05) is 13.1 Å². The average molecular weight is 392 g/mol. The summed E-state index contributed by atoms with van der Waals surface area (Å²) in [5.41, 5.74) is -0.641. The van der Waals surface area contributed by atoms with Gasteiger partial charge in [0.25, 0.3) is 0 Å². The van der Waals surface area contributed by atoms with E-state index in [1.54, 1.807) is 20.8 Å². The summed E-state index contributed by atoms with van der Waals surface area (Å²) in [4.78, 5) is 34.6. The predicted molar refractivity (Wildman–Crippen MR) is 91.3 cm³/mol. The number of alkyl carbamates (subject to hydrolysis) is 1. The fraction of sp³-hybridized carbons (Fsp3) is 0.800. The van der Waals surface area contributed by atoms with Gasteiger partial charge >= 0.3 is 12.1 Å². The minimum absolute atomic E-state index is 0.0519. The highest BCUT2D eigenvalue weighted by molar-refractivity contribution is 5.75. The summed E-state index contributed by atoms with van der Waals surface area (Å²) in [7, 11) is 0. The van der Waals surface area contributed by atoms with Gasteiger partial charge in [-0.15, -0.1) is 0 Å². The Labute approximate surface area is 156 Å². The Bertz CT molecular complexity index is 538. The lowest BCUT2D eigenvalue weighted by Gasteiger charge is -2.41. The summed E-state index contributed by atoms with van der Waals surface area (Å²) in [6.07, 6.45) is -6.88. The number of carbonyl (C=O) groups is 3. The Morgan fingerprint density at radius 2 is 1.59 bits per heavy atom. The Hall–Kier alpha value is -2.15. The van der Waals surface area contributed by atoms with E-state index < -0.39 is 54.4 Å². The molecule has 0 aromatic rings. The molecule has 4 amide bonds. The van der Waals surface area contributed by atoms with Crippen molar-refractivity contribution in [2.45, 2.75) is 64.1 Å². The number of aliphatic hydroxyl groups excluding tert-OH is 3. The van der Waals surface area contributed by atoms with Gasteiger partial charge in [-0.05, 0) is 20.8 Å². The molecule has 3 unspecified atom stereocenters. The van der Waals surface area contributed by atoms with Crippen LogP contribution in [0.4, 0.5) is 9.59 Å². The van der Waals surface area contributed by atoms with E-state index in [-0.39, 0.29) is 13.1 Å². The van der Waals surface area contributed by atoms with Gasteiger partial charge in [0.2, 0.25) is 5.91 Å². The molecular formula is C15H28N4O8. The maximum absolute atomic E-state index is 11.9. The van der Waals surface area contributed by atoms with Crippen LogP contribution in [0.15, 0.2) is 0 Å². The zero-order valence-corrected chi connectivity index (χ0v) is 15.7. The molecule has 1 fully saturated rings. The first-order valence-electron chi connectivity index (χ1n) is 8.38. The number of urea groups is 1. The van der Waals surface area contributed by atoms with Crippen molar-refractivity contribution in [3.8, 4) is 0 Å². The normalized spacial score (nSPS) is 28.0. The zero-order valence-electron chi connectivity index (χ0n) is 15.7. The smallest absolute Gasteiger partial charge is 0.407 e. The average Bonchev–Trinajstić information content (AvgIpc) is 2.51. The molecule has 1 heterocycles. The highest BCUT2D eigenvalue weighted by Gasteiger charge is 2.45. The van der Waals surface area contributed by atoms with Crippen LogP contribution in [0.25, 0.3) is 0 Å². The standard InChI is InChI=1S/C15H28N4O8/c1-7(20)18-8-9(21)10(22)12(23)26-11(8)19-13(24)16-5-6-17-14(25)27-15(2,3)4/h8-12,21-23H,5-6H2,1-4H3,(H,17,25)(H,18,20)(H2,16,19,24)/t8?,9?,10-,11+,12?/m0/s1. The van der Waals surface area contributed by atoms with Gasteiger partial charge in [0, 0.05) is 20.0 Å². The molecule has 1 aliphatic heterocycles. The second-order valence-corrected chi connectivity index (χ2v) is 6.98. The van der Waals surface area contributed by atoms with Crippen LogP contribution in [0.5, 0.6) is 0 Å². The quantitative estimate of drug-likeness (QED) is 0.256. The van der Waals surface area contributed by atoms with E-state index >= 15 is 0 Å². The molecule has 1 aliphatic rings. The number of hydrogen-bond donors (Lipinski definition) is 7. The Balaban J connectivity index is 2.46. The monoisotopic (exact) mass is 392 g/mol. The minimum atomic E-state index is -1.75. The second-order valence-electron chi connectivity index (χ2n) is 6.98. The Morgan fingerprint density at radius 1 is 1.00 bits per heavy atom. The third-order valence-electron chi connectivity index (χ3n) is 3.34. The lowest BCUT2D eigenvalue weighted by atomic mass is 10.00. The molecule has 0 bridgehead atoms. The number of nitrogens with one attached hydrogen (secondary N) is 4. The predicted octanol–water partition coefficient (Wildman–Crippen LogP) is -2.29. The van der Waals surface area contributed by atoms with E-state index in [4.69, 9.17) is 9.47 Å². The number of amides is 4. The highest BCUT2D eigenvalue weighted by atomic mass is 16.6. The third-order valence-corrected chi connectivity index (χ3v) is 3.34. The molecule has 0 aromatic carbocycles. The van der Waals surface area contributed by atoms with Gasteiger partial charge in [-0.2, -0.15) is 0 Å². The molecule has 0 radical (unpaired) electrons. The van der Waals surface area contributed by atoms with Crippen LogP contribution < -0.4 is 21.3 Å². The van der Waals surface area contributed by atoms with Crippen molar-refractivity contribution in [3.05, 3.63) is 0 Å². The third kappa shape index (κ3) is 7.95. The fourth-order valence-corrected chi connectivity index (χ4v) is 2.23. The summed E-state index contributed by atoms with van der Waals surface area (Å²) in [5.74, 6) is -0.528. The maximum atomic E-state index is 11.9. The van der Waals surface area contributed by atoms with Crippen LogP contribution in [-0.2, 0) is 14.3 Å². The van der Waals surface area contributed by atoms with Crippen molar-refractivity contribution < 1.29 is 39.2 Å². The van der Waals surface area contributed by atoms with Gasteiger partial charge in [0.15, 0.2) is 12.5 Å². The number of rotatable bonds is 5. The molecule has 12 nitrogen and oxygen atoms in total. The molecule has 5 atom stereocenters. The van der Waals surface area contributed by atoms with Gasteiger partial charge in [-0.25, -0.2) is 9.59 Å². The first kappa shape index (κ1) is 22.9. The topological polar surface area (TPSA) is 178 Å². The van der Waals surface area contributed by atoms with E-state index in [0.29, 0.717) is 0 Å². The van der Waals surface area contributed by atoms with Gasteiger partial charge in [-0.3, -0.25) is 4.79 Å². The van der Waals surface area contributed by atoms with Crippen LogP contribution in [0.1, 0.15) is 27.7 Å². The Kier molecular flexibility index (Phi) is 8.21. The molecule has 1 rings (SSSR count). The van der Waals surface area contributed by atoms with Gasteiger partial charge in [-0.1, -0.05) is 0 Å². The molecule has 27 heavy (non-hydrogen) atoms. The van der Waals surface area contributed by atoms with Crippen LogP contribution in [0.3, 0.4) is 0 Å².